The average molecular weight is 341 g/mol. The van der Waals surface area contributed by atoms with Crippen LogP contribution in [0, 0.1) is 0 Å². The van der Waals surface area contributed by atoms with Crippen molar-refractivity contribution in [3.63, 3.8) is 0 Å². The monoisotopic (exact) mass is 341 g/mol. The number of carbonyl (C=O) groups is 1. The summed E-state index contributed by atoms with van der Waals surface area (Å²) in [5, 5.41) is 2.90. The van der Waals surface area contributed by atoms with Crippen LogP contribution in [0.1, 0.15) is 35.8 Å². The van der Waals surface area contributed by atoms with E-state index in [2.05, 4.69) is 22.1 Å². The summed E-state index contributed by atoms with van der Waals surface area (Å²) in [6, 6.07) is 9.39. The van der Waals surface area contributed by atoms with Crippen LogP contribution in [0.25, 0.3) is 0 Å². The van der Waals surface area contributed by atoms with E-state index in [0.717, 1.165) is 36.4 Å². The summed E-state index contributed by atoms with van der Waals surface area (Å²) < 4.78 is 10.6. The van der Waals surface area contributed by atoms with Crippen molar-refractivity contribution in [3.05, 3.63) is 47.8 Å². The number of nitrogens with one attached hydrogen (secondary N) is 1. The maximum absolute atomic E-state index is 12.4. The van der Waals surface area contributed by atoms with E-state index in [9.17, 15) is 4.79 Å². The van der Waals surface area contributed by atoms with Crippen LogP contribution < -0.4 is 19.7 Å². The molecule has 0 aliphatic carbocycles. The second-order valence-corrected chi connectivity index (χ2v) is 6.04. The van der Waals surface area contributed by atoms with Crippen molar-refractivity contribution in [2.45, 2.75) is 26.3 Å². The number of fused-ring (bicyclic) bond motifs is 1. The Labute approximate surface area is 147 Å². The lowest BCUT2D eigenvalue weighted by molar-refractivity contribution is 0.0946. The number of nitrogens with zero attached hydrogens (tertiary/aromatic N) is 2. The van der Waals surface area contributed by atoms with Gasteiger partial charge >= 0.3 is 0 Å². The van der Waals surface area contributed by atoms with Crippen LogP contribution in [0.2, 0.25) is 0 Å². The topological polar surface area (TPSA) is 63.7 Å². The first kappa shape index (κ1) is 17.1. The molecule has 1 amide bonds. The van der Waals surface area contributed by atoms with Crippen LogP contribution in [0.15, 0.2) is 36.5 Å². The third kappa shape index (κ3) is 4.21. The van der Waals surface area contributed by atoms with E-state index in [1.807, 2.05) is 37.4 Å². The van der Waals surface area contributed by atoms with E-state index < -0.39 is 0 Å². The lowest BCUT2D eigenvalue weighted by Gasteiger charge is -2.19. The lowest BCUT2D eigenvalue weighted by atomic mass is 10.2. The molecule has 1 aliphatic heterocycles. The van der Waals surface area contributed by atoms with Gasteiger partial charge in [0.25, 0.3) is 5.91 Å². The predicted molar refractivity (Wildman–Crippen MR) is 96.2 cm³/mol. The van der Waals surface area contributed by atoms with Gasteiger partial charge in [0.1, 0.15) is 5.69 Å². The van der Waals surface area contributed by atoms with Crippen LogP contribution in [0.5, 0.6) is 11.5 Å². The van der Waals surface area contributed by atoms with E-state index >= 15 is 0 Å². The number of unbranched alkanes of at least 4 members (excludes halogenated alkanes) is 1. The zero-order chi connectivity index (χ0) is 17.6. The number of hydrogen-bond donors (Lipinski definition) is 1. The summed E-state index contributed by atoms with van der Waals surface area (Å²) in [4.78, 5) is 18.7. The third-order valence-electron chi connectivity index (χ3n) is 4.15. The average Bonchev–Trinajstić information content (AvgIpc) is 3.12. The minimum Gasteiger partial charge on any atom is -0.454 e. The molecule has 1 N–H and O–H groups in total. The zero-order valence-corrected chi connectivity index (χ0v) is 14.6. The molecule has 1 aromatic carbocycles. The van der Waals surface area contributed by atoms with Crippen molar-refractivity contribution < 1.29 is 14.3 Å². The Hall–Kier alpha value is -2.76. The molecule has 0 saturated carbocycles. The second-order valence-electron chi connectivity index (χ2n) is 6.04. The van der Waals surface area contributed by atoms with Gasteiger partial charge in [0.05, 0.1) is 0 Å². The molecule has 6 heteroatoms. The summed E-state index contributed by atoms with van der Waals surface area (Å²) >= 11 is 0. The molecule has 0 unspecified atom stereocenters. The van der Waals surface area contributed by atoms with E-state index in [1.54, 1.807) is 6.20 Å². The van der Waals surface area contributed by atoms with E-state index in [1.165, 1.54) is 0 Å². The van der Waals surface area contributed by atoms with Crippen molar-refractivity contribution >= 4 is 11.6 Å². The Morgan fingerprint density at radius 2 is 2.08 bits per heavy atom. The van der Waals surface area contributed by atoms with Crippen LogP contribution in [-0.2, 0) is 6.54 Å². The van der Waals surface area contributed by atoms with Gasteiger partial charge in [-0.2, -0.15) is 0 Å². The molecule has 0 atom stereocenters. The number of rotatable bonds is 7. The quantitative estimate of drug-likeness (QED) is 0.839. The number of benzene rings is 1. The Balaban J connectivity index is 1.61. The van der Waals surface area contributed by atoms with Gasteiger partial charge in [0.15, 0.2) is 11.5 Å². The Kier molecular flexibility index (Phi) is 5.38. The summed E-state index contributed by atoms with van der Waals surface area (Å²) in [6.45, 7) is 3.77. The molecule has 0 spiro atoms. The smallest absolute Gasteiger partial charge is 0.270 e. The zero-order valence-electron chi connectivity index (χ0n) is 14.6. The molecule has 0 bridgehead atoms. The first-order valence-corrected chi connectivity index (χ1v) is 8.51. The summed E-state index contributed by atoms with van der Waals surface area (Å²) in [5.74, 6) is 1.26. The van der Waals surface area contributed by atoms with Gasteiger partial charge in [-0.25, -0.2) is 0 Å². The molecule has 3 rings (SSSR count). The molecular formula is C19H23N3O3. The highest BCUT2D eigenvalue weighted by atomic mass is 16.7. The van der Waals surface area contributed by atoms with Crippen LogP contribution in [0.4, 0.5) is 5.69 Å². The molecule has 6 nitrogen and oxygen atoms in total. The van der Waals surface area contributed by atoms with Crippen LogP contribution in [0.3, 0.4) is 0 Å². The molecule has 0 fully saturated rings. The fraction of sp³-hybridized carbons (Fsp3) is 0.368. The highest BCUT2D eigenvalue weighted by Gasteiger charge is 2.14. The Bertz CT molecular complexity index is 748. The van der Waals surface area contributed by atoms with E-state index in [-0.39, 0.29) is 12.7 Å². The molecule has 132 valence electrons. The molecule has 1 aliphatic rings. The first-order valence-electron chi connectivity index (χ1n) is 8.51. The maximum Gasteiger partial charge on any atom is 0.270 e. The van der Waals surface area contributed by atoms with Crippen molar-refractivity contribution in [2.24, 2.45) is 0 Å². The van der Waals surface area contributed by atoms with Gasteiger partial charge in [-0.3, -0.25) is 9.78 Å². The fourth-order valence-corrected chi connectivity index (χ4v) is 2.63. The Morgan fingerprint density at radius 3 is 2.92 bits per heavy atom. The minimum atomic E-state index is -0.191. The van der Waals surface area contributed by atoms with Crippen LogP contribution in [-0.4, -0.2) is 31.3 Å². The fourth-order valence-electron chi connectivity index (χ4n) is 2.63. The highest BCUT2D eigenvalue weighted by molar-refractivity contribution is 5.93. The van der Waals surface area contributed by atoms with Crippen molar-refractivity contribution in [1.82, 2.24) is 10.3 Å². The maximum atomic E-state index is 12.4. The van der Waals surface area contributed by atoms with Crippen molar-refractivity contribution in [2.75, 3.05) is 25.3 Å². The van der Waals surface area contributed by atoms with Gasteiger partial charge in [0, 0.05) is 32.0 Å². The number of ether oxygens (including phenoxy) is 2. The highest BCUT2D eigenvalue weighted by Crippen LogP contribution is 2.32. The van der Waals surface area contributed by atoms with E-state index in [0.29, 0.717) is 18.0 Å². The number of carbonyl (C=O) groups excluding carboxylic acids is 1. The first-order chi connectivity index (χ1) is 12.2. The Morgan fingerprint density at radius 1 is 1.24 bits per heavy atom. The standard InChI is InChI=1S/C19H23N3O3/c1-3-4-9-22(2)15-7-8-20-16(11-15)19(23)21-12-14-5-6-17-18(10-14)25-13-24-17/h5-8,10-11H,3-4,9,12-13H2,1-2H3,(H,21,23). The van der Waals surface area contributed by atoms with E-state index in [4.69, 9.17) is 9.47 Å². The lowest BCUT2D eigenvalue weighted by Crippen LogP contribution is -2.25. The molecular weight excluding hydrogens is 318 g/mol. The van der Waals surface area contributed by atoms with Gasteiger partial charge < -0.3 is 19.7 Å². The molecule has 2 heterocycles. The predicted octanol–water partition coefficient (Wildman–Crippen LogP) is 2.98. The normalized spacial score (nSPS) is 12.1. The molecule has 25 heavy (non-hydrogen) atoms. The molecule has 0 radical (unpaired) electrons. The number of hydrogen-bond acceptors (Lipinski definition) is 5. The number of aromatic nitrogens is 1. The van der Waals surface area contributed by atoms with Crippen molar-refractivity contribution in [3.8, 4) is 11.5 Å². The molecule has 2 aromatic rings. The largest absolute Gasteiger partial charge is 0.454 e. The number of pyridine rings is 1. The van der Waals surface area contributed by atoms with Gasteiger partial charge in [-0.15, -0.1) is 0 Å². The summed E-state index contributed by atoms with van der Waals surface area (Å²) in [5.41, 5.74) is 2.37. The van der Waals surface area contributed by atoms with Crippen LogP contribution >= 0.6 is 0 Å². The third-order valence-corrected chi connectivity index (χ3v) is 4.15. The molecule has 0 saturated heterocycles. The summed E-state index contributed by atoms with van der Waals surface area (Å²) in [6.07, 6.45) is 3.93. The SMILES string of the molecule is CCCCN(C)c1ccnc(C(=O)NCc2ccc3c(c2)OCO3)c1. The van der Waals surface area contributed by atoms with Gasteiger partial charge in [-0.05, 0) is 36.2 Å². The summed E-state index contributed by atoms with van der Waals surface area (Å²) in [7, 11) is 2.03. The van der Waals surface area contributed by atoms with Gasteiger partial charge in [0.2, 0.25) is 6.79 Å². The number of amides is 1. The second kappa shape index (κ2) is 7.88. The number of anilines is 1. The minimum absolute atomic E-state index is 0.191. The van der Waals surface area contributed by atoms with Crippen molar-refractivity contribution in [1.29, 1.82) is 0 Å². The molecule has 1 aromatic heterocycles. The van der Waals surface area contributed by atoms with Gasteiger partial charge in [-0.1, -0.05) is 19.4 Å².